The summed E-state index contributed by atoms with van der Waals surface area (Å²) in [5.41, 5.74) is 7.85. The van der Waals surface area contributed by atoms with Gasteiger partial charge in [0.1, 0.15) is 12.4 Å². The fourth-order valence-electron chi connectivity index (χ4n) is 2.23. The van der Waals surface area contributed by atoms with Crippen molar-refractivity contribution in [2.24, 2.45) is 5.73 Å². The van der Waals surface area contributed by atoms with Gasteiger partial charge in [-0.3, -0.25) is 4.79 Å². The molecule has 2 aromatic carbocycles. The molecule has 0 aliphatic carbocycles. The summed E-state index contributed by atoms with van der Waals surface area (Å²) in [7, 11) is 0. The maximum absolute atomic E-state index is 13.1. The highest BCUT2D eigenvalue weighted by Gasteiger charge is 2.27. The number of hydrogen-bond donors (Lipinski definition) is 2. The fraction of sp³-hybridized carbons (Fsp3) is 0.316. The van der Waals surface area contributed by atoms with E-state index >= 15 is 0 Å². The first-order valence-electron chi connectivity index (χ1n) is 8.00. The number of benzene rings is 2. The van der Waals surface area contributed by atoms with E-state index in [-0.39, 0.29) is 6.42 Å². The normalized spacial score (nSPS) is 11.2. The van der Waals surface area contributed by atoms with Crippen molar-refractivity contribution in [3.05, 3.63) is 65.2 Å². The van der Waals surface area contributed by atoms with E-state index in [1.807, 2.05) is 31.2 Å². The highest BCUT2D eigenvalue weighted by Crippen LogP contribution is 2.17. The van der Waals surface area contributed by atoms with E-state index < -0.39 is 24.9 Å². The Morgan fingerprint density at radius 2 is 1.96 bits per heavy atom. The van der Waals surface area contributed by atoms with Gasteiger partial charge in [0.15, 0.2) is 0 Å². The molecule has 2 aromatic rings. The van der Waals surface area contributed by atoms with Gasteiger partial charge in [-0.25, -0.2) is 8.78 Å². The SMILES string of the molecule is Cc1ccccc1COc1cccc(CC(=O)NCC(F)(F)CN)c1. The Labute approximate surface area is 146 Å². The first-order chi connectivity index (χ1) is 11.9. The summed E-state index contributed by atoms with van der Waals surface area (Å²) < 4.78 is 31.9. The third kappa shape index (κ3) is 6.15. The largest absolute Gasteiger partial charge is 0.489 e. The summed E-state index contributed by atoms with van der Waals surface area (Å²) in [5.74, 6) is -2.95. The molecule has 2 rings (SSSR count). The molecule has 0 aliphatic rings. The van der Waals surface area contributed by atoms with E-state index in [2.05, 4.69) is 5.32 Å². The van der Waals surface area contributed by atoms with E-state index in [9.17, 15) is 13.6 Å². The van der Waals surface area contributed by atoms with Crippen LogP contribution in [-0.2, 0) is 17.8 Å². The molecular formula is C19H22F2N2O2. The number of carbonyl (C=O) groups is 1. The maximum Gasteiger partial charge on any atom is 0.277 e. The van der Waals surface area contributed by atoms with Gasteiger partial charge < -0.3 is 15.8 Å². The molecule has 6 heteroatoms. The summed E-state index contributed by atoms with van der Waals surface area (Å²) in [4.78, 5) is 11.8. The molecular weight excluding hydrogens is 326 g/mol. The van der Waals surface area contributed by atoms with E-state index in [1.165, 1.54) is 0 Å². The molecule has 0 radical (unpaired) electrons. The van der Waals surface area contributed by atoms with Crippen LogP contribution in [0.5, 0.6) is 5.75 Å². The van der Waals surface area contributed by atoms with Gasteiger partial charge in [0, 0.05) is 0 Å². The Hall–Kier alpha value is -2.47. The monoisotopic (exact) mass is 348 g/mol. The second-order valence-electron chi connectivity index (χ2n) is 5.88. The summed E-state index contributed by atoms with van der Waals surface area (Å²) in [6, 6.07) is 15.0. The van der Waals surface area contributed by atoms with Gasteiger partial charge >= 0.3 is 0 Å². The zero-order valence-electron chi connectivity index (χ0n) is 14.1. The minimum atomic E-state index is -3.09. The summed E-state index contributed by atoms with van der Waals surface area (Å²) in [5, 5.41) is 2.20. The highest BCUT2D eigenvalue weighted by atomic mass is 19.3. The number of nitrogens with two attached hydrogens (primary N) is 1. The lowest BCUT2D eigenvalue weighted by atomic mass is 10.1. The van der Waals surface area contributed by atoms with Gasteiger partial charge in [-0.05, 0) is 35.7 Å². The molecule has 0 saturated heterocycles. The lowest BCUT2D eigenvalue weighted by molar-refractivity contribution is -0.122. The lowest BCUT2D eigenvalue weighted by Crippen LogP contribution is -2.42. The molecule has 1 amide bonds. The average Bonchev–Trinajstić information content (AvgIpc) is 2.60. The fourth-order valence-corrected chi connectivity index (χ4v) is 2.23. The quantitative estimate of drug-likeness (QED) is 0.771. The predicted octanol–water partition coefficient (Wildman–Crippen LogP) is 2.83. The minimum Gasteiger partial charge on any atom is -0.489 e. The number of amides is 1. The molecule has 0 aliphatic heterocycles. The predicted molar refractivity (Wildman–Crippen MR) is 92.7 cm³/mol. The molecule has 134 valence electrons. The number of ether oxygens (including phenoxy) is 1. The lowest BCUT2D eigenvalue weighted by Gasteiger charge is -2.14. The molecule has 0 spiro atoms. The number of rotatable bonds is 8. The van der Waals surface area contributed by atoms with E-state index in [4.69, 9.17) is 10.5 Å². The number of nitrogens with one attached hydrogen (secondary N) is 1. The first-order valence-corrected chi connectivity index (χ1v) is 8.00. The second kappa shape index (κ2) is 8.58. The molecule has 25 heavy (non-hydrogen) atoms. The van der Waals surface area contributed by atoms with E-state index in [0.717, 1.165) is 11.1 Å². The van der Waals surface area contributed by atoms with Crippen molar-refractivity contribution in [2.45, 2.75) is 25.9 Å². The van der Waals surface area contributed by atoms with Crippen molar-refractivity contribution in [2.75, 3.05) is 13.1 Å². The van der Waals surface area contributed by atoms with Crippen LogP contribution in [0.3, 0.4) is 0 Å². The van der Waals surface area contributed by atoms with Crippen LogP contribution in [0, 0.1) is 6.92 Å². The molecule has 0 atom stereocenters. The van der Waals surface area contributed by atoms with Crippen LogP contribution in [0.25, 0.3) is 0 Å². The third-order valence-electron chi connectivity index (χ3n) is 3.76. The van der Waals surface area contributed by atoms with Crippen LogP contribution in [0.1, 0.15) is 16.7 Å². The van der Waals surface area contributed by atoms with Crippen molar-refractivity contribution in [1.82, 2.24) is 5.32 Å². The Balaban J connectivity index is 1.90. The highest BCUT2D eigenvalue weighted by molar-refractivity contribution is 5.78. The van der Waals surface area contributed by atoms with Gasteiger partial charge in [-0.1, -0.05) is 36.4 Å². The van der Waals surface area contributed by atoms with Gasteiger partial charge in [0.25, 0.3) is 5.92 Å². The molecule has 4 nitrogen and oxygen atoms in total. The smallest absolute Gasteiger partial charge is 0.277 e. The van der Waals surface area contributed by atoms with Crippen LogP contribution >= 0.6 is 0 Å². The summed E-state index contributed by atoms with van der Waals surface area (Å²) in [6.45, 7) is 0.878. The van der Waals surface area contributed by atoms with Crippen LogP contribution in [0.15, 0.2) is 48.5 Å². The van der Waals surface area contributed by atoms with Crippen LogP contribution in [-0.4, -0.2) is 24.9 Å². The van der Waals surface area contributed by atoms with Crippen molar-refractivity contribution < 1.29 is 18.3 Å². The molecule has 0 aromatic heterocycles. The topological polar surface area (TPSA) is 64.3 Å². The Bertz CT molecular complexity index is 720. The van der Waals surface area contributed by atoms with Gasteiger partial charge in [0.2, 0.25) is 5.91 Å². The Morgan fingerprint density at radius 3 is 2.68 bits per heavy atom. The molecule has 0 bridgehead atoms. The maximum atomic E-state index is 13.1. The number of halogens is 2. The standard InChI is InChI=1S/C19H22F2N2O2/c1-14-5-2-3-7-16(14)11-25-17-8-4-6-15(9-17)10-18(24)23-13-19(20,21)12-22/h2-9H,10-13,22H2,1H3,(H,23,24). The molecule has 0 saturated carbocycles. The summed E-state index contributed by atoms with van der Waals surface area (Å²) in [6.07, 6.45) is 0.00220. The number of carbonyl (C=O) groups excluding carboxylic acids is 1. The van der Waals surface area contributed by atoms with Crippen molar-refractivity contribution >= 4 is 5.91 Å². The van der Waals surface area contributed by atoms with Gasteiger partial charge in [-0.2, -0.15) is 0 Å². The number of alkyl halides is 2. The second-order valence-corrected chi connectivity index (χ2v) is 5.88. The van der Waals surface area contributed by atoms with Crippen LogP contribution in [0.2, 0.25) is 0 Å². The summed E-state index contributed by atoms with van der Waals surface area (Å²) >= 11 is 0. The molecule has 3 N–H and O–H groups in total. The molecule has 0 heterocycles. The molecule has 0 unspecified atom stereocenters. The molecule has 0 fully saturated rings. The van der Waals surface area contributed by atoms with Crippen LogP contribution < -0.4 is 15.8 Å². The van der Waals surface area contributed by atoms with E-state index in [0.29, 0.717) is 17.9 Å². The van der Waals surface area contributed by atoms with Crippen molar-refractivity contribution in [3.8, 4) is 5.75 Å². The van der Waals surface area contributed by atoms with Gasteiger partial charge in [0.05, 0.1) is 19.5 Å². The number of hydrogen-bond acceptors (Lipinski definition) is 3. The minimum absolute atomic E-state index is 0.00220. The Kier molecular flexibility index (Phi) is 6.47. The van der Waals surface area contributed by atoms with E-state index in [1.54, 1.807) is 24.3 Å². The zero-order chi connectivity index (χ0) is 18.3. The van der Waals surface area contributed by atoms with Crippen molar-refractivity contribution in [1.29, 1.82) is 0 Å². The van der Waals surface area contributed by atoms with Gasteiger partial charge in [-0.15, -0.1) is 0 Å². The average molecular weight is 348 g/mol. The first kappa shape index (κ1) is 18.9. The van der Waals surface area contributed by atoms with Crippen LogP contribution in [0.4, 0.5) is 8.78 Å². The van der Waals surface area contributed by atoms with Crippen molar-refractivity contribution in [3.63, 3.8) is 0 Å². The number of aryl methyl sites for hydroxylation is 1. The Morgan fingerprint density at radius 1 is 1.20 bits per heavy atom. The third-order valence-corrected chi connectivity index (χ3v) is 3.76. The zero-order valence-corrected chi connectivity index (χ0v) is 14.1.